The molecule has 1 aliphatic rings. The van der Waals surface area contributed by atoms with Gasteiger partial charge in [-0.2, -0.15) is 0 Å². The molecule has 1 aromatic rings. The van der Waals surface area contributed by atoms with Gasteiger partial charge < -0.3 is 16.0 Å². The molecule has 2 atom stereocenters. The second-order valence-electron chi connectivity index (χ2n) is 5.25. The molecule has 20 heavy (non-hydrogen) atoms. The molecule has 0 bridgehead atoms. The van der Waals surface area contributed by atoms with E-state index >= 15 is 0 Å². The van der Waals surface area contributed by atoms with Crippen LogP contribution in [-0.4, -0.2) is 23.5 Å². The Morgan fingerprint density at radius 2 is 2.15 bits per heavy atom. The lowest BCUT2D eigenvalue weighted by Crippen LogP contribution is -2.45. The van der Waals surface area contributed by atoms with Crippen molar-refractivity contribution in [3.8, 4) is 0 Å². The molecule has 0 radical (unpaired) electrons. The lowest BCUT2D eigenvalue weighted by molar-refractivity contribution is 0.0907. The summed E-state index contributed by atoms with van der Waals surface area (Å²) in [5.41, 5.74) is 6.79. The number of amides is 1. The van der Waals surface area contributed by atoms with Gasteiger partial charge in [-0.1, -0.05) is 12.8 Å². The van der Waals surface area contributed by atoms with Crippen molar-refractivity contribution < 1.29 is 4.79 Å². The molecule has 1 aliphatic carbocycles. The van der Waals surface area contributed by atoms with Crippen LogP contribution in [0.3, 0.4) is 0 Å². The number of aromatic nitrogens is 1. The van der Waals surface area contributed by atoms with Crippen molar-refractivity contribution in [2.75, 3.05) is 6.54 Å². The third kappa shape index (κ3) is 3.84. The van der Waals surface area contributed by atoms with Gasteiger partial charge in [-0.25, -0.2) is 0 Å². The number of nitrogens with one attached hydrogen (secondary N) is 2. The van der Waals surface area contributed by atoms with Crippen LogP contribution in [0.15, 0.2) is 17.1 Å². The second-order valence-corrected chi connectivity index (χ2v) is 5.25. The number of carbonyl (C=O) groups excluding carboxylic acids is 1. The zero-order valence-electron chi connectivity index (χ0n) is 11.6. The maximum Gasteiger partial charge on any atom is 0.253 e. The minimum Gasteiger partial charge on any atom is -0.349 e. The van der Waals surface area contributed by atoms with Gasteiger partial charge in [0.1, 0.15) is 0 Å². The van der Waals surface area contributed by atoms with Crippen LogP contribution in [0.1, 0.15) is 41.6 Å². The monoisotopic (exact) mass is 299 g/mol. The number of rotatable bonds is 3. The molecular formula is C14H22ClN3O2. The number of pyridine rings is 1. The van der Waals surface area contributed by atoms with Gasteiger partial charge in [-0.05, 0) is 37.8 Å². The van der Waals surface area contributed by atoms with Crippen molar-refractivity contribution in [1.82, 2.24) is 10.3 Å². The summed E-state index contributed by atoms with van der Waals surface area (Å²) in [6, 6.07) is 1.59. The standard InChI is InChI=1S/C14H21N3O2.ClH/c1-9-6-13(18)16-8-11(9)14(19)17-12-5-3-2-4-10(12)7-15;/h6,8,10,12H,2-5,7,15H2,1H3,(H,16,18)(H,17,19);1H. The largest absolute Gasteiger partial charge is 0.349 e. The molecule has 6 heteroatoms. The highest BCUT2D eigenvalue weighted by Gasteiger charge is 2.26. The molecule has 1 amide bonds. The van der Waals surface area contributed by atoms with Crippen LogP contribution in [-0.2, 0) is 0 Å². The zero-order chi connectivity index (χ0) is 13.8. The first-order valence-electron chi connectivity index (χ1n) is 6.82. The van der Waals surface area contributed by atoms with Crippen molar-refractivity contribution in [1.29, 1.82) is 0 Å². The number of H-pyrrole nitrogens is 1. The fourth-order valence-corrected chi connectivity index (χ4v) is 2.74. The molecule has 0 aromatic carbocycles. The van der Waals surface area contributed by atoms with Gasteiger partial charge in [0, 0.05) is 18.3 Å². The van der Waals surface area contributed by atoms with E-state index in [-0.39, 0.29) is 29.9 Å². The van der Waals surface area contributed by atoms with E-state index in [1.54, 1.807) is 6.92 Å². The molecule has 1 heterocycles. The fourth-order valence-electron chi connectivity index (χ4n) is 2.74. The van der Waals surface area contributed by atoms with Gasteiger partial charge in [-0.3, -0.25) is 9.59 Å². The minimum atomic E-state index is -0.188. The van der Waals surface area contributed by atoms with Gasteiger partial charge in [0.05, 0.1) is 5.56 Å². The highest BCUT2D eigenvalue weighted by atomic mass is 35.5. The molecule has 2 rings (SSSR count). The van der Waals surface area contributed by atoms with Gasteiger partial charge in [0.2, 0.25) is 5.56 Å². The lowest BCUT2D eigenvalue weighted by Gasteiger charge is -2.31. The summed E-state index contributed by atoms with van der Waals surface area (Å²) in [7, 11) is 0. The Balaban J connectivity index is 0.00000200. The first-order chi connectivity index (χ1) is 9.11. The Morgan fingerprint density at radius 3 is 2.80 bits per heavy atom. The highest BCUT2D eigenvalue weighted by molar-refractivity contribution is 5.95. The fraction of sp³-hybridized carbons (Fsp3) is 0.571. The van der Waals surface area contributed by atoms with E-state index in [2.05, 4.69) is 10.3 Å². The Hall–Kier alpha value is -1.33. The van der Waals surface area contributed by atoms with Crippen LogP contribution in [0.2, 0.25) is 0 Å². The van der Waals surface area contributed by atoms with Crippen molar-refractivity contribution in [3.63, 3.8) is 0 Å². The normalized spacial score (nSPS) is 21.9. The van der Waals surface area contributed by atoms with E-state index < -0.39 is 0 Å². The molecule has 0 saturated heterocycles. The summed E-state index contributed by atoms with van der Waals surface area (Å²) < 4.78 is 0. The zero-order valence-corrected chi connectivity index (χ0v) is 12.5. The number of aryl methyl sites for hydroxylation is 1. The smallest absolute Gasteiger partial charge is 0.253 e. The molecule has 5 nitrogen and oxygen atoms in total. The topological polar surface area (TPSA) is 88.0 Å². The minimum absolute atomic E-state index is 0. The molecule has 0 spiro atoms. The van der Waals surface area contributed by atoms with Gasteiger partial charge in [-0.15, -0.1) is 12.4 Å². The van der Waals surface area contributed by atoms with E-state index in [9.17, 15) is 9.59 Å². The van der Waals surface area contributed by atoms with E-state index in [4.69, 9.17) is 5.73 Å². The average Bonchev–Trinajstić information content (AvgIpc) is 2.39. The Labute approximate surface area is 124 Å². The SMILES string of the molecule is Cc1cc(=O)[nH]cc1C(=O)NC1CCCCC1CN.Cl. The molecule has 4 N–H and O–H groups in total. The van der Waals surface area contributed by atoms with Crippen molar-refractivity contribution >= 4 is 18.3 Å². The van der Waals surface area contributed by atoms with Crippen molar-refractivity contribution in [2.45, 2.75) is 38.6 Å². The molecule has 2 unspecified atom stereocenters. The van der Waals surface area contributed by atoms with E-state index in [0.29, 0.717) is 23.6 Å². The van der Waals surface area contributed by atoms with Crippen LogP contribution in [0.25, 0.3) is 0 Å². The number of aromatic amines is 1. The summed E-state index contributed by atoms with van der Waals surface area (Å²) in [4.78, 5) is 25.9. The number of halogens is 1. The molecule has 1 fully saturated rings. The van der Waals surface area contributed by atoms with Gasteiger partial charge in [0.15, 0.2) is 0 Å². The summed E-state index contributed by atoms with van der Waals surface area (Å²) in [5, 5.41) is 3.06. The summed E-state index contributed by atoms with van der Waals surface area (Å²) >= 11 is 0. The van der Waals surface area contributed by atoms with Crippen molar-refractivity contribution in [2.24, 2.45) is 11.7 Å². The van der Waals surface area contributed by atoms with E-state index in [0.717, 1.165) is 19.3 Å². The third-order valence-electron chi connectivity index (χ3n) is 3.90. The predicted octanol–water partition coefficient (Wildman–Crippen LogP) is 1.35. The van der Waals surface area contributed by atoms with Gasteiger partial charge >= 0.3 is 0 Å². The second kappa shape index (κ2) is 7.45. The van der Waals surface area contributed by atoms with E-state index in [1.165, 1.54) is 18.7 Å². The maximum atomic E-state index is 12.2. The summed E-state index contributed by atoms with van der Waals surface area (Å²) in [5.74, 6) is 0.236. The van der Waals surface area contributed by atoms with Crippen LogP contribution in [0.4, 0.5) is 0 Å². The third-order valence-corrected chi connectivity index (χ3v) is 3.90. The van der Waals surface area contributed by atoms with Gasteiger partial charge in [0.25, 0.3) is 5.91 Å². The van der Waals surface area contributed by atoms with Crippen LogP contribution < -0.4 is 16.6 Å². The number of hydrogen-bond donors (Lipinski definition) is 3. The first kappa shape index (κ1) is 16.7. The molecule has 0 aliphatic heterocycles. The highest BCUT2D eigenvalue weighted by Crippen LogP contribution is 2.23. The predicted molar refractivity (Wildman–Crippen MR) is 81.3 cm³/mol. The summed E-state index contributed by atoms with van der Waals surface area (Å²) in [6.45, 7) is 2.38. The van der Waals surface area contributed by atoms with Crippen molar-refractivity contribution in [3.05, 3.63) is 33.7 Å². The quantitative estimate of drug-likeness (QED) is 0.787. The number of hydrogen-bond acceptors (Lipinski definition) is 3. The Bertz CT molecular complexity index is 515. The average molecular weight is 300 g/mol. The summed E-state index contributed by atoms with van der Waals surface area (Å²) in [6.07, 6.45) is 5.85. The van der Waals surface area contributed by atoms with Crippen LogP contribution in [0.5, 0.6) is 0 Å². The van der Waals surface area contributed by atoms with Crippen LogP contribution >= 0.6 is 12.4 Å². The number of carbonyl (C=O) groups is 1. The maximum absolute atomic E-state index is 12.2. The van der Waals surface area contributed by atoms with E-state index in [1.807, 2.05) is 0 Å². The molecule has 1 saturated carbocycles. The molecule has 112 valence electrons. The van der Waals surface area contributed by atoms with Crippen LogP contribution in [0, 0.1) is 12.8 Å². The Kier molecular flexibility index (Phi) is 6.23. The molecule has 1 aromatic heterocycles. The molecular weight excluding hydrogens is 278 g/mol. The number of nitrogens with two attached hydrogens (primary N) is 1. The lowest BCUT2D eigenvalue weighted by atomic mass is 9.84. The first-order valence-corrected chi connectivity index (χ1v) is 6.82. The Morgan fingerprint density at radius 1 is 1.45 bits per heavy atom.